The lowest BCUT2D eigenvalue weighted by molar-refractivity contribution is 0.119. The summed E-state index contributed by atoms with van der Waals surface area (Å²) in [6, 6.07) is 4.87. The first-order chi connectivity index (χ1) is 6.95. The molecule has 0 aliphatic carbocycles. The summed E-state index contributed by atoms with van der Waals surface area (Å²) >= 11 is 1.81. The first kappa shape index (κ1) is 10.1. The molecule has 1 N–H and O–H groups in total. The van der Waals surface area contributed by atoms with Crippen LogP contribution in [0.25, 0.3) is 0 Å². The molecule has 0 unspecified atom stereocenters. The Kier molecular flexibility index (Phi) is 3.98. The highest BCUT2D eigenvalue weighted by molar-refractivity contribution is 7.09. The molecule has 1 aliphatic rings. The summed E-state index contributed by atoms with van der Waals surface area (Å²) in [4.78, 5) is 1.42. The van der Waals surface area contributed by atoms with Crippen molar-refractivity contribution in [2.75, 3.05) is 19.8 Å². The van der Waals surface area contributed by atoms with Crippen molar-refractivity contribution >= 4 is 11.3 Å². The van der Waals surface area contributed by atoms with Crippen molar-refractivity contribution < 1.29 is 4.74 Å². The van der Waals surface area contributed by atoms with Crippen molar-refractivity contribution in [2.24, 2.45) is 0 Å². The monoisotopic (exact) mass is 211 g/mol. The lowest BCUT2D eigenvalue weighted by atomic mass is 10.2. The number of ether oxygens (including phenoxy) is 1. The SMILES string of the molecule is c1csc(CCOC[C@H]2CCCN2)c1. The van der Waals surface area contributed by atoms with Crippen LogP contribution in [0.2, 0.25) is 0 Å². The van der Waals surface area contributed by atoms with Crippen LogP contribution >= 0.6 is 11.3 Å². The maximum atomic E-state index is 5.64. The third-order valence-electron chi connectivity index (χ3n) is 2.55. The van der Waals surface area contributed by atoms with Gasteiger partial charge in [0, 0.05) is 17.3 Å². The minimum Gasteiger partial charge on any atom is -0.379 e. The predicted octanol–water partition coefficient (Wildman–Crippen LogP) is 2.06. The number of hydrogen-bond acceptors (Lipinski definition) is 3. The molecule has 1 atom stereocenters. The van der Waals surface area contributed by atoms with Gasteiger partial charge in [-0.1, -0.05) is 6.07 Å². The molecule has 0 bridgehead atoms. The Labute approximate surface area is 89.3 Å². The van der Waals surface area contributed by atoms with E-state index in [-0.39, 0.29) is 0 Å². The van der Waals surface area contributed by atoms with E-state index in [1.165, 1.54) is 24.3 Å². The van der Waals surface area contributed by atoms with E-state index in [4.69, 9.17) is 4.74 Å². The molecule has 2 heterocycles. The predicted molar refractivity (Wildman–Crippen MR) is 59.9 cm³/mol. The van der Waals surface area contributed by atoms with Crippen molar-refractivity contribution in [1.82, 2.24) is 5.32 Å². The Hall–Kier alpha value is -0.380. The summed E-state index contributed by atoms with van der Waals surface area (Å²) in [5, 5.41) is 5.55. The van der Waals surface area contributed by atoms with Gasteiger partial charge in [0.1, 0.15) is 0 Å². The van der Waals surface area contributed by atoms with E-state index in [1.54, 1.807) is 0 Å². The molecule has 1 aliphatic heterocycles. The van der Waals surface area contributed by atoms with Gasteiger partial charge in [-0.05, 0) is 30.8 Å². The van der Waals surface area contributed by atoms with Crippen molar-refractivity contribution in [1.29, 1.82) is 0 Å². The molecule has 2 rings (SSSR count). The topological polar surface area (TPSA) is 21.3 Å². The van der Waals surface area contributed by atoms with Crippen LogP contribution in [0.1, 0.15) is 17.7 Å². The molecular formula is C11H17NOS. The standard InChI is InChI=1S/C11H17NOS/c1-3-10(12-6-1)9-13-7-5-11-4-2-8-14-11/h2,4,8,10,12H,1,3,5-7,9H2/t10-/m1/s1. The summed E-state index contributed by atoms with van der Waals surface area (Å²) in [5.74, 6) is 0. The molecule has 0 spiro atoms. The average Bonchev–Trinajstić information content (AvgIpc) is 2.86. The molecular weight excluding hydrogens is 194 g/mol. The van der Waals surface area contributed by atoms with Gasteiger partial charge in [-0.25, -0.2) is 0 Å². The molecule has 1 aromatic rings. The molecule has 14 heavy (non-hydrogen) atoms. The van der Waals surface area contributed by atoms with Crippen LogP contribution in [0, 0.1) is 0 Å². The summed E-state index contributed by atoms with van der Waals surface area (Å²) in [7, 11) is 0. The van der Waals surface area contributed by atoms with E-state index in [9.17, 15) is 0 Å². The second-order valence-corrected chi connectivity index (χ2v) is 4.73. The summed E-state index contributed by atoms with van der Waals surface area (Å²) < 4.78 is 5.64. The van der Waals surface area contributed by atoms with Gasteiger partial charge in [-0.2, -0.15) is 0 Å². The quantitative estimate of drug-likeness (QED) is 0.753. The lowest BCUT2D eigenvalue weighted by Crippen LogP contribution is -2.27. The third kappa shape index (κ3) is 3.08. The Bertz CT molecular complexity index is 242. The van der Waals surface area contributed by atoms with Crippen LogP contribution in [0.4, 0.5) is 0 Å². The molecule has 2 nitrogen and oxygen atoms in total. The molecule has 78 valence electrons. The van der Waals surface area contributed by atoms with Gasteiger partial charge in [-0.3, -0.25) is 0 Å². The fourth-order valence-electron chi connectivity index (χ4n) is 1.75. The van der Waals surface area contributed by atoms with Crippen LogP contribution < -0.4 is 5.32 Å². The summed E-state index contributed by atoms with van der Waals surface area (Å²) in [5.41, 5.74) is 0. The second-order valence-electron chi connectivity index (χ2n) is 3.70. The number of thiophene rings is 1. The van der Waals surface area contributed by atoms with Crippen LogP contribution in [0.5, 0.6) is 0 Å². The summed E-state index contributed by atoms with van der Waals surface area (Å²) in [6.07, 6.45) is 3.64. The van der Waals surface area contributed by atoms with E-state index in [0.29, 0.717) is 6.04 Å². The van der Waals surface area contributed by atoms with E-state index < -0.39 is 0 Å². The zero-order valence-corrected chi connectivity index (χ0v) is 9.19. The van der Waals surface area contributed by atoms with Crippen molar-refractivity contribution in [3.63, 3.8) is 0 Å². The maximum Gasteiger partial charge on any atom is 0.0619 e. The number of nitrogens with one attached hydrogen (secondary N) is 1. The van der Waals surface area contributed by atoms with Crippen LogP contribution in [-0.4, -0.2) is 25.8 Å². The van der Waals surface area contributed by atoms with Gasteiger partial charge in [0.15, 0.2) is 0 Å². The second kappa shape index (κ2) is 5.49. The molecule has 0 amide bonds. The van der Waals surface area contributed by atoms with Gasteiger partial charge >= 0.3 is 0 Å². The molecule has 1 fully saturated rings. The molecule has 0 saturated carbocycles. The Morgan fingerprint density at radius 2 is 2.57 bits per heavy atom. The van der Waals surface area contributed by atoms with Gasteiger partial charge in [0.05, 0.1) is 13.2 Å². The molecule has 1 aromatic heterocycles. The Morgan fingerprint density at radius 1 is 1.57 bits per heavy atom. The van der Waals surface area contributed by atoms with E-state index in [2.05, 4.69) is 22.8 Å². The first-order valence-electron chi connectivity index (χ1n) is 5.28. The molecule has 0 radical (unpaired) electrons. The number of hydrogen-bond donors (Lipinski definition) is 1. The van der Waals surface area contributed by atoms with Gasteiger partial charge in [-0.15, -0.1) is 11.3 Å². The Balaban J connectivity index is 1.55. The third-order valence-corrected chi connectivity index (χ3v) is 3.49. The van der Waals surface area contributed by atoms with E-state index in [0.717, 1.165) is 19.6 Å². The fraction of sp³-hybridized carbons (Fsp3) is 0.636. The van der Waals surface area contributed by atoms with Crippen molar-refractivity contribution in [2.45, 2.75) is 25.3 Å². The Morgan fingerprint density at radius 3 is 3.29 bits per heavy atom. The van der Waals surface area contributed by atoms with Crippen LogP contribution in [-0.2, 0) is 11.2 Å². The van der Waals surface area contributed by atoms with E-state index in [1.807, 2.05) is 11.3 Å². The van der Waals surface area contributed by atoms with Crippen molar-refractivity contribution in [3.8, 4) is 0 Å². The van der Waals surface area contributed by atoms with Crippen molar-refractivity contribution in [3.05, 3.63) is 22.4 Å². The smallest absolute Gasteiger partial charge is 0.0619 e. The van der Waals surface area contributed by atoms with Gasteiger partial charge in [0.25, 0.3) is 0 Å². The van der Waals surface area contributed by atoms with Crippen LogP contribution in [0.3, 0.4) is 0 Å². The zero-order chi connectivity index (χ0) is 9.64. The largest absolute Gasteiger partial charge is 0.379 e. The minimum atomic E-state index is 0.610. The zero-order valence-electron chi connectivity index (χ0n) is 8.37. The highest BCUT2D eigenvalue weighted by Gasteiger charge is 2.13. The fourth-order valence-corrected chi connectivity index (χ4v) is 2.44. The number of rotatable bonds is 5. The highest BCUT2D eigenvalue weighted by atomic mass is 32.1. The minimum absolute atomic E-state index is 0.610. The lowest BCUT2D eigenvalue weighted by Gasteiger charge is -2.09. The van der Waals surface area contributed by atoms with Crippen LogP contribution in [0.15, 0.2) is 17.5 Å². The average molecular weight is 211 g/mol. The maximum absolute atomic E-state index is 5.64. The molecule has 1 saturated heterocycles. The highest BCUT2D eigenvalue weighted by Crippen LogP contribution is 2.09. The van der Waals surface area contributed by atoms with Gasteiger partial charge < -0.3 is 10.1 Å². The molecule has 3 heteroatoms. The van der Waals surface area contributed by atoms with Gasteiger partial charge in [0.2, 0.25) is 0 Å². The molecule has 0 aromatic carbocycles. The summed E-state index contributed by atoms with van der Waals surface area (Å²) in [6.45, 7) is 2.91. The normalized spacial score (nSPS) is 21.6. The first-order valence-corrected chi connectivity index (χ1v) is 6.16. The van der Waals surface area contributed by atoms with E-state index >= 15 is 0 Å².